The lowest BCUT2D eigenvalue weighted by atomic mass is 9.61. The van der Waals surface area contributed by atoms with Crippen LogP contribution in [0.2, 0.25) is 0 Å². The lowest BCUT2D eigenvalue weighted by molar-refractivity contribution is -0.196. The fraction of sp³-hybridized carbons (Fsp3) is 0.926. The zero-order valence-corrected chi connectivity index (χ0v) is 23.9. The Morgan fingerprint density at radius 3 is 2.11 bits per heavy atom. The second-order valence-corrected chi connectivity index (χ2v) is 12.5. The molecule has 1 fully saturated rings. The number of rotatable bonds is 2. The average Bonchev–Trinajstić information content (AvgIpc) is 2.73. The number of cyclic esters (lactones) is 1. The van der Waals surface area contributed by atoms with Crippen LogP contribution in [0.1, 0.15) is 82.1 Å². The highest BCUT2D eigenvalue weighted by atomic mass is 19.1. The molecule has 1 aliphatic heterocycles. The number of Topliss-reactive ketones (excluding diaryl/α,β-unsaturated/α-hetero) is 1. The Kier molecular flexibility index (Phi) is 10.1. The van der Waals surface area contributed by atoms with Gasteiger partial charge in [-0.2, -0.15) is 0 Å². The zero-order valence-electron chi connectivity index (χ0n) is 23.9. The first-order valence-corrected chi connectivity index (χ1v) is 12.8. The van der Waals surface area contributed by atoms with Gasteiger partial charge in [-0.15, -0.1) is 0 Å². The molecule has 1 saturated heterocycles. The largest absolute Gasteiger partial charge is 0.457 e. The van der Waals surface area contributed by atoms with Gasteiger partial charge in [0.25, 0.3) is 5.67 Å². The van der Waals surface area contributed by atoms with Crippen LogP contribution in [0.15, 0.2) is 0 Å². The van der Waals surface area contributed by atoms with E-state index in [4.69, 9.17) is 9.47 Å². The van der Waals surface area contributed by atoms with Gasteiger partial charge in [0.15, 0.2) is 5.78 Å². The molecule has 0 aromatic rings. The topological polar surface area (TPSA) is 96.3 Å². The van der Waals surface area contributed by atoms with E-state index in [1.807, 2.05) is 39.6 Å². The molecular formula is C27H50FNO6. The second-order valence-electron chi connectivity index (χ2n) is 12.5. The fourth-order valence-corrected chi connectivity index (χ4v) is 6.40. The summed E-state index contributed by atoms with van der Waals surface area (Å²) in [5.74, 6) is -3.43. The van der Waals surface area contributed by atoms with Crippen molar-refractivity contribution in [2.45, 2.75) is 117 Å². The van der Waals surface area contributed by atoms with Crippen molar-refractivity contribution in [2.75, 3.05) is 20.7 Å². The van der Waals surface area contributed by atoms with Gasteiger partial charge in [0, 0.05) is 31.5 Å². The third-order valence-electron chi connectivity index (χ3n) is 8.19. The van der Waals surface area contributed by atoms with Gasteiger partial charge in [0.05, 0.1) is 5.60 Å². The second kappa shape index (κ2) is 11.1. The van der Waals surface area contributed by atoms with E-state index in [-0.39, 0.29) is 12.3 Å². The van der Waals surface area contributed by atoms with E-state index in [1.165, 1.54) is 6.92 Å². The molecule has 35 heavy (non-hydrogen) atoms. The van der Waals surface area contributed by atoms with Gasteiger partial charge in [-0.25, -0.2) is 9.18 Å². The van der Waals surface area contributed by atoms with Crippen LogP contribution in [0.5, 0.6) is 0 Å². The number of hydrogen-bond donors (Lipinski definition) is 2. The molecule has 9 atom stereocenters. The Hall–Kier alpha value is -1.09. The lowest BCUT2D eigenvalue weighted by Gasteiger charge is -2.48. The Morgan fingerprint density at radius 2 is 1.69 bits per heavy atom. The lowest BCUT2D eigenvalue weighted by Crippen LogP contribution is -2.59. The van der Waals surface area contributed by atoms with E-state index in [2.05, 4.69) is 6.92 Å². The number of halogens is 1. The van der Waals surface area contributed by atoms with Gasteiger partial charge in [0.1, 0.15) is 17.8 Å². The highest BCUT2D eigenvalue weighted by Crippen LogP contribution is 2.46. The van der Waals surface area contributed by atoms with Crippen molar-refractivity contribution >= 4 is 11.8 Å². The van der Waals surface area contributed by atoms with Crippen LogP contribution >= 0.6 is 0 Å². The maximum Gasteiger partial charge on any atom is 0.351 e. The number of aliphatic hydroxyl groups is 2. The molecule has 206 valence electrons. The molecular weight excluding hydrogens is 453 g/mol. The summed E-state index contributed by atoms with van der Waals surface area (Å²) in [7, 11) is 3.46. The standard InChI is InChI=1S/C27H50FNO6/c1-13-19-27(10,33)22(31)18(4)29(11)15-16(2)14-25(8,34-12)20(24(5,6)7)17(3)21(30)26(9,28)23(32)35-19/h16-20,22,31,33H,13-15H2,1-12H3/t16-,17-,18-,19-,20+,22-,25-,26+,27-/m1/s1. The third kappa shape index (κ3) is 6.62. The highest BCUT2D eigenvalue weighted by molar-refractivity contribution is 6.07. The van der Waals surface area contributed by atoms with Gasteiger partial charge in [-0.05, 0) is 58.9 Å². The van der Waals surface area contributed by atoms with E-state index < -0.39 is 64.1 Å². The van der Waals surface area contributed by atoms with Gasteiger partial charge in [-0.1, -0.05) is 41.5 Å². The fourth-order valence-electron chi connectivity index (χ4n) is 6.40. The Balaban J connectivity index is 3.73. The van der Waals surface area contributed by atoms with Gasteiger partial charge < -0.3 is 24.6 Å². The highest BCUT2D eigenvalue weighted by Gasteiger charge is 2.55. The summed E-state index contributed by atoms with van der Waals surface area (Å²) in [6, 6.07) is -0.491. The normalized spacial score (nSPS) is 43.9. The molecule has 7 nitrogen and oxygen atoms in total. The number of carbonyl (C=O) groups excluding carboxylic acids is 2. The third-order valence-corrected chi connectivity index (χ3v) is 8.19. The van der Waals surface area contributed by atoms with E-state index in [0.29, 0.717) is 13.0 Å². The molecule has 0 saturated carbocycles. The van der Waals surface area contributed by atoms with Crippen LogP contribution in [-0.2, 0) is 19.1 Å². The Bertz CT molecular complexity index is 748. The monoisotopic (exact) mass is 503 g/mol. The van der Waals surface area contributed by atoms with Crippen LogP contribution in [0.3, 0.4) is 0 Å². The van der Waals surface area contributed by atoms with Crippen LogP contribution in [0, 0.1) is 23.2 Å². The van der Waals surface area contributed by atoms with Crippen molar-refractivity contribution in [2.24, 2.45) is 23.2 Å². The van der Waals surface area contributed by atoms with Crippen LogP contribution in [0.25, 0.3) is 0 Å². The molecule has 0 amide bonds. The zero-order chi connectivity index (χ0) is 27.7. The van der Waals surface area contributed by atoms with E-state index in [0.717, 1.165) is 6.92 Å². The number of carbonyl (C=O) groups is 2. The van der Waals surface area contributed by atoms with E-state index in [9.17, 15) is 19.8 Å². The van der Waals surface area contributed by atoms with E-state index in [1.54, 1.807) is 27.9 Å². The molecule has 1 heterocycles. The van der Waals surface area contributed by atoms with Crippen molar-refractivity contribution in [3.63, 3.8) is 0 Å². The van der Waals surface area contributed by atoms with Crippen molar-refractivity contribution in [1.29, 1.82) is 0 Å². The number of aliphatic hydroxyl groups excluding tert-OH is 1. The van der Waals surface area contributed by atoms with Crippen LogP contribution in [0.4, 0.5) is 4.39 Å². The Labute approximate surface area is 211 Å². The molecule has 8 heteroatoms. The summed E-state index contributed by atoms with van der Waals surface area (Å²) in [5.41, 5.74) is -6.03. The number of nitrogens with zero attached hydrogens (tertiary/aromatic N) is 1. The van der Waals surface area contributed by atoms with Crippen molar-refractivity contribution in [3.05, 3.63) is 0 Å². The van der Waals surface area contributed by atoms with Gasteiger partial charge in [0.2, 0.25) is 0 Å². The number of hydrogen-bond acceptors (Lipinski definition) is 7. The maximum atomic E-state index is 15.9. The number of likely N-dealkylation sites (N-methyl/N-ethyl adjacent to an activating group) is 1. The van der Waals surface area contributed by atoms with Crippen molar-refractivity contribution < 1.29 is 33.7 Å². The first-order chi connectivity index (χ1) is 15.7. The molecule has 1 aliphatic rings. The summed E-state index contributed by atoms with van der Waals surface area (Å²) < 4.78 is 27.4. The van der Waals surface area contributed by atoms with Gasteiger partial charge in [-0.3, -0.25) is 4.79 Å². The molecule has 1 rings (SSSR count). The predicted octanol–water partition coefficient (Wildman–Crippen LogP) is 3.78. The van der Waals surface area contributed by atoms with Crippen molar-refractivity contribution in [1.82, 2.24) is 4.90 Å². The molecule has 0 aromatic heterocycles. The molecule has 0 unspecified atom stereocenters. The molecule has 0 radical (unpaired) electrons. The minimum Gasteiger partial charge on any atom is -0.457 e. The summed E-state index contributed by atoms with van der Waals surface area (Å²) in [6.45, 7) is 18.0. The number of ketones is 1. The SMILES string of the molecule is CC[C@H]1OC(=O)[C@@](C)(F)C(=O)[C@H](C)[C@@H](C(C)(C)C)[C@](C)(OC)C[C@@H](C)CN(C)[C@H](C)[C@@H](O)[C@]1(C)O. The molecule has 0 aliphatic carbocycles. The predicted molar refractivity (Wildman–Crippen MR) is 135 cm³/mol. The number of esters is 1. The Morgan fingerprint density at radius 1 is 1.17 bits per heavy atom. The summed E-state index contributed by atoms with van der Waals surface area (Å²) in [6.07, 6.45) is -1.80. The first kappa shape index (κ1) is 31.9. The molecule has 0 bridgehead atoms. The summed E-state index contributed by atoms with van der Waals surface area (Å²) in [5, 5.41) is 22.3. The quantitative estimate of drug-likeness (QED) is 0.437. The minimum absolute atomic E-state index is 0.0819. The molecule has 0 spiro atoms. The molecule has 0 aromatic carbocycles. The average molecular weight is 504 g/mol. The first-order valence-electron chi connectivity index (χ1n) is 12.8. The molecule has 2 N–H and O–H groups in total. The number of alkyl halides is 1. The van der Waals surface area contributed by atoms with Crippen LogP contribution < -0.4 is 0 Å². The summed E-state index contributed by atoms with van der Waals surface area (Å²) in [4.78, 5) is 28.5. The number of methoxy groups -OCH3 is 1. The van der Waals surface area contributed by atoms with Crippen molar-refractivity contribution in [3.8, 4) is 0 Å². The number of ether oxygens (including phenoxy) is 2. The smallest absolute Gasteiger partial charge is 0.351 e. The van der Waals surface area contributed by atoms with Gasteiger partial charge >= 0.3 is 5.97 Å². The minimum atomic E-state index is -2.93. The van der Waals surface area contributed by atoms with E-state index >= 15 is 4.39 Å². The summed E-state index contributed by atoms with van der Waals surface area (Å²) >= 11 is 0. The maximum absolute atomic E-state index is 15.9. The van der Waals surface area contributed by atoms with Crippen LogP contribution in [-0.4, -0.2) is 82.7 Å².